The van der Waals surface area contributed by atoms with Crippen molar-refractivity contribution in [1.82, 2.24) is 0 Å². The van der Waals surface area contributed by atoms with Crippen LogP contribution in [0.4, 0.5) is 5.69 Å². The average molecular weight is 466 g/mol. The van der Waals surface area contributed by atoms with E-state index in [-0.39, 0.29) is 23.2 Å². The van der Waals surface area contributed by atoms with Gasteiger partial charge >= 0.3 is 0 Å². The quantitative estimate of drug-likeness (QED) is 0.375. The van der Waals surface area contributed by atoms with E-state index in [1.807, 2.05) is 30.3 Å². The molecule has 8 heteroatoms. The van der Waals surface area contributed by atoms with Crippen molar-refractivity contribution in [3.63, 3.8) is 0 Å². The second-order valence-electron chi connectivity index (χ2n) is 6.70. The molecule has 0 aromatic heterocycles. The predicted octanol–water partition coefficient (Wildman–Crippen LogP) is 5.61. The topological polar surface area (TPSA) is 68.2 Å². The van der Waals surface area contributed by atoms with Crippen LogP contribution in [0.15, 0.2) is 71.6 Å². The van der Waals surface area contributed by atoms with Crippen molar-refractivity contribution >= 4 is 46.0 Å². The van der Waals surface area contributed by atoms with Crippen LogP contribution < -0.4 is 19.1 Å². The highest BCUT2D eigenvalue weighted by atomic mass is 32.2. The van der Waals surface area contributed by atoms with Crippen molar-refractivity contribution in [2.24, 2.45) is 0 Å². The molecule has 32 heavy (non-hydrogen) atoms. The van der Waals surface area contributed by atoms with Gasteiger partial charge in [-0.15, -0.1) is 0 Å². The fourth-order valence-corrected chi connectivity index (χ4v) is 4.43. The first kappa shape index (κ1) is 21.7. The van der Waals surface area contributed by atoms with Crippen LogP contribution in [0.2, 0.25) is 0 Å². The zero-order chi connectivity index (χ0) is 22.7. The fourth-order valence-electron chi connectivity index (χ4n) is 3.13. The van der Waals surface area contributed by atoms with Gasteiger partial charge in [0.25, 0.3) is 5.91 Å². The Labute approximate surface area is 195 Å². The summed E-state index contributed by atoms with van der Waals surface area (Å²) < 4.78 is 16.6. The smallest absolute Gasteiger partial charge is 0.270 e. The van der Waals surface area contributed by atoms with Crippen LogP contribution >= 0.6 is 24.0 Å². The Bertz CT molecular complexity index is 1170. The van der Waals surface area contributed by atoms with Gasteiger partial charge in [-0.1, -0.05) is 42.2 Å². The van der Waals surface area contributed by atoms with E-state index in [1.54, 1.807) is 42.5 Å². The molecule has 1 amide bonds. The molecule has 0 bridgehead atoms. The van der Waals surface area contributed by atoms with Crippen molar-refractivity contribution in [2.45, 2.75) is 0 Å². The highest BCUT2D eigenvalue weighted by molar-refractivity contribution is 8.27. The SMILES string of the molecule is COc1cc(/C=C2\SC(=S)N(c3ccc(Oc4ccccc4)cc3)C2=O)cc(OC)c1O. The number of phenolic OH excluding ortho intramolecular Hbond substituents is 1. The van der Waals surface area contributed by atoms with Crippen LogP contribution in [-0.4, -0.2) is 29.6 Å². The van der Waals surface area contributed by atoms with Gasteiger partial charge in [0.15, 0.2) is 15.8 Å². The number of nitrogens with zero attached hydrogens (tertiary/aromatic N) is 1. The number of anilines is 1. The molecule has 3 aromatic rings. The first-order valence-electron chi connectivity index (χ1n) is 9.56. The molecule has 0 atom stereocenters. The summed E-state index contributed by atoms with van der Waals surface area (Å²) >= 11 is 6.66. The minimum atomic E-state index is -0.234. The van der Waals surface area contributed by atoms with Crippen LogP contribution in [0.5, 0.6) is 28.7 Å². The summed E-state index contributed by atoms with van der Waals surface area (Å²) in [5.41, 5.74) is 1.29. The molecule has 1 fully saturated rings. The number of para-hydroxylation sites is 1. The van der Waals surface area contributed by atoms with Crippen molar-refractivity contribution in [3.8, 4) is 28.7 Å². The maximum absolute atomic E-state index is 13.1. The lowest BCUT2D eigenvalue weighted by atomic mass is 10.1. The van der Waals surface area contributed by atoms with Crippen LogP contribution in [0.25, 0.3) is 6.08 Å². The number of carbonyl (C=O) groups is 1. The minimum absolute atomic E-state index is 0.0995. The zero-order valence-corrected chi connectivity index (χ0v) is 18.9. The van der Waals surface area contributed by atoms with Crippen LogP contribution in [0, 0.1) is 0 Å². The van der Waals surface area contributed by atoms with Crippen molar-refractivity contribution in [3.05, 3.63) is 77.2 Å². The van der Waals surface area contributed by atoms with E-state index in [2.05, 4.69) is 0 Å². The second kappa shape index (κ2) is 9.33. The molecule has 4 rings (SSSR count). The number of aromatic hydroxyl groups is 1. The number of hydrogen-bond donors (Lipinski definition) is 1. The fraction of sp³-hybridized carbons (Fsp3) is 0.0833. The summed E-state index contributed by atoms with van der Waals surface area (Å²) in [7, 11) is 2.89. The van der Waals surface area contributed by atoms with Gasteiger partial charge in [-0.05, 0) is 60.2 Å². The van der Waals surface area contributed by atoms with E-state index in [0.29, 0.717) is 26.2 Å². The average Bonchev–Trinajstić information content (AvgIpc) is 3.08. The van der Waals surface area contributed by atoms with Gasteiger partial charge < -0.3 is 19.3 Å². The van der Waals surface area contributed by atoms with Crippen molar-refractivity contribution in [2.75, 3.05) is 19.1 Å². The third kappa shape index (κ3) is 4.42. The Morgan fingerprint density at radius 2 is 1.53 bits per heavy atom. The van der Waals surface area contributed by atoms with Gasteiger partial charge in [-0.3, -0.25) is 9.69 Å². The maximum atomic E-state index is 13.1. The monoisotopic (exact) mass is 465 g/mol. The van der Waals surface area contributed by atoms with E-state index in [0.717, 1.165) is 5.75 Å². The molecule has 0 unspecified atom stereocenters. The van der Waals surface area contributed by atoms with Gasteiger partial charge in [0.05, 0.1) is 24.8 Å². The number of benzene rings is 3. The van der Waals surface area contributed by atoms with Gasteiger partial charge in [0.2, 0.25) is 5.75 Å². The van der Waals surface area contributed by atoms with Gasteiger partial charge in [0, 0.05) is 0 Å². The minimum Gasteiger partial charge on any atom is -0.502 e. The number of phenols is 1. The largest absolute Gasteiger partial charge is 0.502 e. The third-order valence-electron chi connectivity index (χ3n) is 4.67. The molecular weight excluding hydrogens is 446 g/mol. The highest BCUT2D eigenvalue weighted by Crippen LogP contribution is 2.40. The van der Waals surface area contributed by atoms with Crippen LogP contribution in [0.1, 0.15) is 5.56 Å². The number of methoxy groups -OCH3 is 2. The number of carbonyl (C=O) groups excluding carboxylic acids is 1. The standard InChI is InChI=1S/C24H19NO5S2/c1-28-19-12-15(13-20(29-2)22(19)26)14-21-23(27)25(24(31)32-21)16-8-10-18(11-9-16)30-17-6-4-3-5-7-17/h3-14,26H,1-2H3/b21-14-. The Kier molecular flexibility index (Phi) is 6.34. The number of ether oxygens (including phenoxy) is 3. The van der Waals surface area contributed by atoms with Gasteiger partial charge in [-0.25, -0.2) is 0 Å². The molecule has 6 nitrogen and oxygen atoms in total. The lowest BCUT2D eigenvalue weighted by Gasteiger charge is -2.15. The first-order chi connectivity index (χ1) is 15.5. The number of hydrogen-bond acceptors (Lipinski definition) is 7. The molecule has 0 saturated carbocycles. The molecule has 1 heterocycles. The van der Waals surface area contributed by atoms with E-state index in [1.165, 1.54) is 30.9 Å². The number of thioether (sulfide) groups is 1. The third-order valence-corrected chi connectivity index (χ3v) is 5.97. The number of amides is 1. The van der Waals surface area contributed by atoms with Crippen molar-refractivity contribution < 1.29 is 24.1 Å². The van der Waals surface area contributed by atoms with Gasteiger partial charge in [0.1, 0.15) is 11.5 Å². The lowest BCUT2D eigenvalue weighted by molar-refractivity contribution is -0.113. The van der Waals surface area contributed by atoms with Crippen LogP contribution in [-0.2, 0) is 4.79 Å². The normalized spacial score (nSPS) is 14.7. The molecule has 1 saturated heterocycles. The van der Waals surface area contributed by atoms with Gasteiger partial charge in [-0.2, -0.15) is 0 Å². The van der Waals surface area contributed by atoms with Crippen molar-refractivity contribution in [1.29, 1.82) is 0 Å². The Balaban J connectivity index is 1.57. The predicted molar refractivity (Wildman–Crippen MR) is 130 cm³/mol. The molecule has 0 radical (unpaired) electrons. The highest BCUT2D eigenvalue weighted by Gasteiger charge is 2.33. The maximum Gasteiger partial charge on any atom is 0.270 e. The van der Waals surface area contributed by atoms with Crippen LogP contribution in [0.3, 0.4) is 0 Å². The lowest BCUT2D eigenvalue weighted by Crippen LogP contribution is -2.27. The van der Waals surface area contributed by atoms with E-state index in [4.69, 9.17) is 26.4 Å². The first-order valence-corrected chi connectivity index (χ1v) is 10.8. The molecule has 1 aliphatic heterocycles. The second-order valence-corrected chi connectivity index (χ2v) is 8.38. The van der Waals surface area contributed by atoms with E-state index >= 15 is 0 Å². The molecule has 0 spiro atoms. The Hall–Kier alpha value is -3.49. The summed E-state index contributed by atoms with van der Waals surface area (Å²) in [6, 6.07) is 19.9. The van der Waals surface area contributed by atoms with E-state index < -0.39 is 0 Å². The molecular formula is C24H19NO5S2. The number of rotatable bonds is 6. The Morgan fingerprint density at radius 3 is 2.12 bits per heavy atom. The summed E-state index contributed by atoms with van der Waals surface area (Å²) in [6.07, 6.45) is 1.69. The zero-order valence-electron chi connectivity index (χ0n) is 17.3. The molecule has 1 N–H and O–H groups in total. The Morgan fingerprint density at radius 1 is 0.938 bits per heavy atom. The van der Waals surface area contributed by atoms with E-state index in [9.17, 15) is 9.90 Å². The summed E-state index contributed by atoms with van der Waals surface area (Å²) in [5.74, 6) is 1.55. The summed E-state index contributed by atoms with van der Waals surface area (Å²) in [4.78, 5) is 15.0. The summed E-state index contributed by atoms with van der Waals surface area (Å²) in [5, 5.41) is 10.1. The molecule has 1 aliphatic rings. The molecule has 0 aliphatic carbocycles. The summed E-state index contributed by atoms with van der Waals surface area (Å²) in [6.45, 7) is 0. The molecule has 3 aromatic carbocycles. The molecule has 162 valence electrons. The number of thiocarbonyl (C=S) groups is 1.